The highest BCUT2D eigenvalue weighted by atomic mass is 19.1. The van der Waals surface area contributed by atoms with E-state index in [1.807, 2.05) is 0 Å². The summed E-state index contributed by atoms with van der Waals surface area (Å²) < 4.78 is 19.1. The van der Waals surface area contributed by atoms with Gasteiger partial charge in [-0.05, 0) is 43.2 Å². The second-order valence-corrected chi connectivity index (χ2v) is 5.49. The first-order valence-electron chi connectivity index (χ1n) is 7.04. The van der Waals surface area contributed by atoms with Crippen LogP contribution in [0.2, 0.25) is 0 Å². The molecule has 0 spiro atoms. The third-order valence-electron chi connectivity index (χ3n) is 4.27. The first-order valence-corrected chi connectivity index (χ1v) is 7.04. The minimum absolute atomic E-state index is 0.0895. The molecule has 1 aromatic carbocycles. The summed E-state index contributed by atoms with van der Waals surface area (Å²) in [6.07, 6.45) is 4.26. The van der Waals surface area contributed by atoms with Crippen molar-refractivity contribution in [2.75, 3.05) is 13.1 Å². The Balaban J connectivity index is 1.70. The van der Waals surface area contributed by atoms with Crippen LogP contribution >= 0.6 is 0 Å². The van der Waals surface area contributed by atoms with Crippen LogP contribution in [0.3, 0.4) is 0 Å². The fourth-order valence-corrected chi connectivity index (χ4v) is 3.05. The van der Waals surface area contributed by atoms with Gasteiger partial charge in [0.1, 0.15) is 12.4 Å². The van der Waals surface area contributed by atoms with Gasteiger partial charge in [0.05, 0.1) is 18.7 Å². The number of halogens is 1. The van der Waals surface area contributed by atoms with Crippen molar-refractivity contribution in [2.24, 2.45) is 5.92 Å². The summed E-state index contributed by atoms with van der Waals surface area (Å²) in [5.74, 6) is 0.0875. The van der Waals surface area contributed by atoms with Crippen LogP contribution < -0.4 is 5.32 Å². The quantitative estimate of drug-likeness (QED) is 0.839. The van der Waals surface area contributed by atoms with Crippen LogP contribution in [0, 0.1) is 11.7 Å². The fourth-order valence-electron chi connectivity index (χ4n) is 3.05. The number of nitrogens with two attached hydrogens (primary N) is 1. The molecule has 0 bridgehead atoms. The molecule has 2 aliphatic rings. The standard InChI is InChI=1S/C15H18FNO2/c16-14-11(2-1-10-5-7-17-8-6-10)3-4-12-13(14)9-19-15(12)18/h3-4,10,17H,1-2,5-9H2/p+1. The molecular formula is C15H19FNO2+. The minimum Gasteiger partial charge on any atom is -0.457 e. The van der Waals surface area contributed by atoms with Gasteiger partial charge in [0, 0.05) is 5.56 Å². The Bertz CT molecular complexity index is 495. The Labute approximate surface area is 112 Å². The molecule has 0 saturated carbocycles. The van der Waals surface area contributed by atoms with Crippen molar-refractivity contribution < 1.29 is 19.2 Å². The van der Waals surface area contributed by atoms with Crippen LogP contribution in [0.25, 0.3) is 0 Å². The minimum atomic E-state index is -0.400. The Morgan fingerprint density at radius 2 is 2.11 bits per heavy atom. The lowest BCUT2D eigenvalue weighted by atomic mass is 9.90. The zero-order chi connectivity index (χ0) is 13.2. The van der Waals surface area contributed by atoms with Gasteiger partial charge < -0.3 is 10.1 Å². The molecule has 0 amide bonds. The number of aryl methyl sites for hydroxylation is 1. The number of fused-ring (bicyclic) bond motifs is 1. The molecule has 0 radical (unpaired) electrons. The lowest BCUT2D eigenvalue weighted by Crippen LogP contribution is -2.86. The van der Waals surface area contributed by atoms with Gasteiger partial charge in [0.15, 0.2) is 0 Å². The van der Waals surface area contributed by atoms with Gasteiger partial charge in [-0.25, -0.2) is 9.18 Å². The number of rotatable bonds is 3. The van der Waals surface area contributed by atoms with Crippen LogP contribution in [0.5, 0.6) is 0 Å². The van der Waals surface area contributed by atoms with E-state index in [1.165, 1.54) is 25.9 Å². The number of benzene rings is 1. The molecule has 2 aliphatic heterocycles. The van der Waals surface area contributed by atoms with Gasteiger partial charge in [-0.15, -0.1) is 0 Å². The van der Waals surface area contributed by atoms with E-state index in [0.29, 0.717) is 11.1 Å². The molecule has 1 fully saturated rings. The second-order valence-electron chi connectivity index (χ2n) is 5.49. The van der Waals surface area contributed by atoms with Gasteiger partial charge in [-0.1, -0.05) is 6.07 Å². The number of hydrogen-bond donors (Lipinski definition) is 1. The lowest BCUT2D eigenvalue weighted by molar-refractivity contribution is -0.664. The molecule has 0 aromatic heterocycles. The summed E-state index contributed by atoms with van der Waals surface area (Å²) in [6, 6.07) is 3.45. The van der Waals surface area contributed by atoms with Crippen molar-refractivity contribution in [3.8, 4) is 0 Å². The number of carbonyl (C=O) groups excluding carboxylic acids is 1. The Morgan fingerprint density at radius 1 is 1.32 bits per heavy atom. The van der Waals surface area contributed by atoms with E-state index in [4.69, 9.17) is 4.74 Å². The van der Waals surface area contributed by atoms with Crippen molar-refractivity contribution in [2.45, 2.75) is 32.3 Å². The van der Waals surface area contributed by atoms with Crippen molar-refractivity contribution >= 4 is 5.97 Å². The maximum absolute atomic E-state index is 14.3. The van der Waals surface area contributed by atoms with Gasteiger partial charge in [0.2, 0.25) is 0 Å². The third-order valence-corrected chi connectivity index (χ3v) is 4.27. The molecule has 1 saturated heterocycles. The van der Waals surface area contributed by atoms with E-state index in [0.717, 1.165) is 24.3 Å². The van der Waals surface area contributed by atoms with Crippen LogP contribution in [-0.2, 0) is 17.8 Å². The summed E-state index contributed by atoms with van der Waals surface area (Å²) in [4.78, 5) is 11.3. The van der Waals surface area contributed by atoms with E-state index >= 15 is 0 Å². The van der Waals surface area contributed by atoms with Gasteiger partial charge in [0.25, 0.3) is 0 Å². The largest absolute Gasteiger partial charge is 0.457 e. The molecule has 0 unspecified atom stereocenters. The molecule has 2 heterocycles. The zero-order valence-corrected chi connectivity index (χ0v) is 11.0. The molecule has 3 rings (SSSR count). The molecule has 2 N–H and O–H groups in total. The van der Waals surface area contributed by atoms with E-state index in [9.17, 15) is 9.18 Å². The number of cyclic esters (lactones) is 1. The highest BCUT2D eigenvalue weighted by molar-refractivity contribution is 5.93. The van der Waals surface area contributed by atoms with Crippen LogP contribution in [0.15, 0.2) is 12.1 Å². The molecule has 3 nitrogen and oxygen atoms in total. The molecule has 4 heteroatoms. The predicted octanol–water partition coefficient (Wildman–Crippen LogP) is 1.40. The van der Waals surface area contributed by atoms with Crippen molar-refractivity contribution in [1.82, 2.24) is 0 Å². The smallest absolute Gasteiger partial charge is 0.338 e. The van der Waals surface area contributed by atoms with E-state index in [1.54, 1.807) is 12.1 Å². The van der Waals surface area contributed by atoms with E-state index < -0.39 is 5.97 Å². The molecule has 102 valence electrons. The van der Waals surface area contributed by atoms with Gasteiger partial charge in [-0.2, -0.15) is 0 Å². The second kappa shape index (κ2) is 5.29. The number of hydrogen-bond acceptors (Lipinski definition) is 2. The summed E-state index contributed by atoms with van der Waals surface area (Å²) >= 11 is 0. The van der Waals surface area contributed by atoms with E-state index in [2.05, 4.69) is 5.32 Å². The SMILES string of the molecule is O=C1OCc2c1ccc(CCC1CC[NH2+]CC1)c2F. The normalized spacial score (nSPS) is 19.3. The topological polar surface area (TPSA) is 42.9 Å². The molecule has 1 aromatic rings. The summed E-state index contributed by atoms with van der Waals surface area (Å²) in [6.45, 7) is 2.48. The van der Waals surface area contributed by atoms with Gasteiger partial charge >= 0.3 is 5.97 Å². The summed E-state index contributed by atoms with van der Waals surface area (Å²) in [5.41, 5.74) is 1.57. The van der Waals surface area contributed by atoms with Crippen LogP contribution in [0.1, 0.15) is 40.7 Å². The first-order chi connectivity index (χ1) is 9.25. The fraction of sp³-hybridized carbons (Fsp3) is 0.533. The molecule has 0 atom stereocenters. The predicted molar refractivity (Wildman–Crippen MR) is 68.2 cm³/mol. The molecule has 19 heavy (non-hydrogen) atoms. The van der Waals surface area contributed by atoms with E-state index in [-0.39, 0.29) is 12.4 Å². The Kier molecular flexibility index (Phi) is 3.51. The average molecular weight is 264 g/mol. The van der Waals surface area contributed by atoms with Gasteiger partial charge in [-0.3, -0.25) is 0 Å². The highest BCUT2D eigenvalue weighted by Gasteiger charge is 2.26. The monoisotopic (exact) mass is 264 g/mol. The maximum atomic E-state index is 14.3. The molecular weight excluding hydrogens is 245 g/mol. The van der Waals surface area contributed by atoms with Crippen molar-refractivity contribution in [1.29, 1.82) is 0 Å². The van der Waals surface area contributed by atoms with Crippen LogP contribution in [-0.4, -0.2) is 19.1 Å². The number of piperidine rings is 1. The third kappa shape index (κ3) is 2.50. The lowest BCUT2D eigenvalue weighted by Gasteiger charge is -2.20. The maximum Gasteiger partial charge on any atom is 0.338 e. The van der Waals surface area contributed by atoms with Crippen LogP contribution in [0.4, 0.5) is 4.39 Å². The first kappa shape index (κ1) is 12.6. The number of quaternary nitrogens is 1. The zero-order valence-electron chi connectivity index (χ0n) is 11.0. The van der Waals surface area contributed by atoms with Crippen molar-refractivity contribution in [3.63, 3.8) is 0 Å². The summed E-state index contributed by atoms with van der Waals surface area (Å²) in [7, 11) is 0. The molecule has 0 aliphatic carbocycles. The van der Waals surface area contributed by atoms with Crippen molar-refractivity contribution in [3.05, 3.63) is 34.6 Å². The Hall–Kier alpha value is -1.42. The number of carbonyl (C=O) groups is 1. The average Bonchev–Trinajstić information content (AvgIpc) is 2.82. The number of esters is 1. The number of ether oxygens (including phenoxy) is 1. The Morgan fingerprint density at radius 3 is 2.89 bits per heavy atom. The summed E-state index contributed by atoms with van der Waals surface area (Å²) in [5, 5.41) is 2.34. The highest BCUT2D eigenvalue weighted by Crippen LogP contribution is 2.27.